The molecule has 22 heavy (non-hydrogen) atoms. The molecule has 0 spiro atoms. The highest BCUT2D eigenvalue weighted by molar-refractivity contribution is 9.10. The molecule has 1 heterocycles. The second-order valence-corrected chi connectivity index (χ2v) is 5.06. The molecule has 1 aromatic carbocycles. The van der Waals surface area contributed by atoms with E-state index in [4.69, 9.17) is 0 Å². The molecule has 2 amide bonds. The van der Waals surface area contributed by atoms with Gasteiger partial charge in [0, 0.05) is 10.7 Å². The lowest BCUT2D eigenvalue weighted by Crippen LogP contribution is -2.35. The monoisotopic (exact) mass is 360 g/mol. The Hall–Kier alpha value is -2.54. The second kappa shape index (κ2) is 8.04. The molecule has 2 aromatic rings. The number of hydrogen-bond donors (Lipinski definition) is 2. The smallest absolute Gasteiger partial charge is 0.259 e. The topological polar surface area (TPSA) is 83.5 Å². The van der Waals surface area contributed by atoms with Gasteiger partial charge >= 0.3 is 0 Å². The van der Waals surface area contributed by atoms with Crippen LogP contribution in [0.4, 0.5) is 0 Å². The summed E-state index contributed by atoms with van der Waals surface area (Å²) in [6.07, 6.45) is 3.05. The summed E-state index contributed by atoms with van der Waals surface area (Å²) in [4.78, 5) is 27.5. The van der Waals surface area contributed by atoms with Crippen LogP contribution in [0.3, 0.4) is 0 Å². The first-order valence-electron chi connectivity index (χ1n) is 6.42. The van der Waals surface area contributed by atoms with Gasteiger partial charge in [-0.2, -0.15) is 5.10 Å². The summed E-state index contributed by atoms with van der Waals surface area (Å²) in [6.45, 7) is -0.167. The fourth-order valence-electron chi connectivity index (χ4n) is 1.56. The number of carbonyl (C=O) groups is 2. The number of halogens is 1. The van der Waals surface area contributed by atoms with Crippen LogP contribution >= 0.6 is 15.9 Å². The van der Waals surface area contributed by atoms with Crippen molar-refractivity contribution in [1.82, 2.24) is 15.7 Å². The van der Waals surface area contributed by atoms with Gasteiger partial charge in [0.2, 0.25) is 0 Å². The summed E-state index contributed by atoms with van der Waals surface area (Å²) in [5.41, 5.74) is 3.41. The van der Waals surface area contributed by atoms with Gasteiger partial charge in [-0.3, -0.25) is 14.6 Å². The van der Waals surface area contributed by atoms with Crippen molar-refractivity contribution in [1.29, 1.82) is 0 Å². The number of rotatable bonds is 5. The number of aromatic nitrogens is 1. The minimum atomic E-state index is -0.424. The summed E-state index contributed by atoms with van der Waals surface area (Å²) in [5, 5.41) is 6.28. The van der Waals surface area contributed by atoms with Crippen molar-refractivity contribution >= 4 is 34.0 Å². The van der Waals surface area contributed by atoms with Gasteiger partial charge in [0.1, 0.15) is 0 Å². The third kappa shape index (κ3) is 4.78. The maximum atomic E-state index is 11.9. The number of nitrogens with one attached hydrogen (secondary N) is 2. The van der Waals surface area contributed by atoms with Gasteiger partial charge in [0.25, 0.3) is 11.8 Å². The quantitative estimate of drug-likeness (QED) is 0.628. The maximum Gasteiger partial charge on any atom is 0.259 e. The molecular formula is C15H13BrN4O2. The van der Waals surface area contributed by atoms with Crippen molar-refractivity contribution in [3.8, 4) is 0 Å². The molecule has 0 aliphatic heterocycles. The molecule has 0 saturated carbocycles. The molecule has 0 atom stereocenters. The summed E-state index contributed by atoms with van der Waals surface area (Å²) in [5.74, 6) is -0.760. The molecule has 0 bridgehead atoms. The van der Waals surface area contributed by atoms with Crippen LogP contribution < -0.4 is 10.7 Å². The molecule has 2 rings (SSSR count). The second-order valence-electron chi connectivity index (χ2n) is 4.21. The first kappa shape index (κ1) is 15.8. The average molecular weight is 361 g/mol. The van der Waals surface area contributed by atoms with Crippen molar-refractivity contribution < 1.29 is 9.59 Å². The normalized spacial score (nSPS) is 10.4. The fraction of sp³-hybridized carbons (Fsp3) is 0.0667. The van der Waals surface area contributed by atoms with Crippen LogP contribution in [-0.2, 0) is 4.79 Å². The largest absolute Gasteiger partial charge is 0.343 e. The predicted octanol–water partition coefficient (Wildman–Crippen LogP) is 1.72. The van der Waals surface area contributed by atoms with E-state index < -0.39 is 5.91 Å². The molecule has 0 aliphatic rings. The van der Waals surface area contributed by atoms with E-state index in [1.807, 2.05) is 6.07 Å². The van der Waals surface area contributed by atoms with Gasteiger partial charge in [-0.15, -0.1) is 0 Å². The molecule has 6 nitrogen and oxygen atoms in total. The number of amides is 2. The van der Waals surface area contributed by atoms with Crippen LogP contribution in [0.2, 0.25) is 0 Å². The zero-order chi connectivity index (χ0) is 15.8. The number of hydrogen-bond acceptors (Lipinski definition) is 4. The summed E-state index contributed by atoms with van der Waals surface area (Å²) < 4.78 is 0.668. The molecule has 0 fully saturated rings. The van der Waals surface area contributed by atoms with Gasteiger partial charge in [-0.05, 0) is 40.2 Å². The Morgan fingerprint density at radius 1 is 1.18 bits per heavy atom. The highest BCUT2D eigenvalue weighted by atomic mass is 79.9. The van der Waals surface area contributed by atoms with Crippen LogP contribution in [-0.4, -0.2) is 29.6 Å². The van der Waals surface area contributed by atoms with E-state index in [0.717, 1.165) is 0 Å². The van der Waals surface area contributed by atoms with E-state index in [0.29, 0.717) is 15.7 Å². The Morgan fingerprint density at radius 3 is 2.68 bits per heavy atom. The van der Waals surface area contributed by atoms with Crippen LogP contribution in [0.25, 0.3) is 0 Å². The number of carbonyl (C=O) groups excluding carboxylic acids is 2. The number of nitrogens with zero attached hydrogens (tertiary/aromatic N) is 2. The Bertz CT molecular complexity index is 689. The minimum Gasteiger partial charge on any atom is -0.343 e. The van der Waals surface area contributed by atoms with Gasteiger partial charge in [0.15, 0.2) is 0 Å². The van der Waals surface area contributed by atoms with Crippen molar-refractivity contribution in [2.75, 3.05) is 6.54 Å². The molecule has 2 N–H and O–H groups in total. The molecule has 0 unspecified atom stereocenters. The SMILES string of the molecule is O=C(CNC(=O)c1ccccc1Br)NN=Cc1ccccn1. The van der Waals surface area contributed by atoms with E-state index >= 15 is 0 Å². The highest BCUT2D eigenvalue weighted by Gasteiger charge is 2.10. The van der Waals surface area contributed by atoms with Crippen LogP contribution in [0.5, 0.6) is 0 Å². The van der Waals surface area contributed by atoms with E-state index in [2.05, 4.69) is 36.8 Å². The van der Waals surface area contributed by atoms with E-state index in [9.17, 15) is 9.59 Å². The van der Waals surface area contributed by atoms with Gasteiger partial charge in [-0.1, -0.05) is 18.2 Å². The number of benzene rings is 1. The Balaban J connectivity index is 1.80. The molecule has 0 saturated heterocycles. The fourth-order valence-corrected chi connectivity index (χ4v) is 2.03. The highest BCUT2D eigenvalue weighted by Crippen LogP contribution is 2.15. The van der Waals surface area contributed by atoms with Crippen molar-refractivity contribution in [3.63, 3.8) is 0 Å². The van der Waals surface area contributed by atoms with E-state index in [-0.39, 0.29) is 12.5 Å². The van der Waals surface area contributed by atoms with Gasteiger partial charge in [0.05, 0.1) is 24.0 Å². The van der Waals surface area contributed by atoms with Crippen LogP contribution in [0, 0.1) is 0 Å². The minimum absolute atomic E-state index is 0.167. The lowest BCUT2D eigenvalue weighted by atomic mass is 10.2. The maximum absolute atomic E-state index is 11.9. The van der Waals surface area contributed by atoms with Gasteiger partial charge in [-0.25, -0.2) is 5.43 Å². The number of pyridine rings is 1. The Kier molecular flexibility index (Phi) is 5.79. The van der Waals surface area contributed by atoms with Crippen molar-refractivity contribution in [2.45, 2.75) is 0 Å². The van der Waals surface area contributed by atoms with Crippen molar-refractivity contribution in [2.24, 2.45) is 5.10 Å². The third-order valence-corrected chi connectivity index (χ3v) is 3.29. The summed E-state index contributed by atoms with van der Waals surface area (Å²) in [7, 11) is 0. The third-order valence-electron chi connectivity index (χ3n) is 2.60. The first-order valence-corrected chi connectivity index (χ1v) is 7.22. The molecular weight excluding hydrogens is 348 g/mol. The first-order chi connectivity index (χ1) is 10.7. The lowest BCUT2D eigenvalue weighted by Gasteiger charge is -2.05. The molecule has 0 aliphatic carbocycles. The zero-order valence-corrected chi connectivity index (χ0v) is 13.1. The number of hydrazone groups is 1. The molecule has 1 aromatic heterocycles. The molecule has 112 valence electrons. The van der Waals surface area contributed by atoms with E-state index in [1.165, 1.54) is 6.21 Å². The zero-order valence-electron chi connectivity index (χ0n) is 11.5. The summed E-state index contributed by atoms with van der Waals surface area (Å²) in [6, 6.07) is 12.3. The average Bonchev–Trinajstić information content (AvgIpc) is 2.54. The van der Waals surface area contributed by atoms with Crippen molar-refractivity contribution in [3.05, 3.63) is 64.4 Å². The standard InChI is InChI=1S/C15H13BrN4O2/c16-13-7-2-1-6-12(13)15(22)18-10-14(21)20-19-9-11-5-3-4-8-17-11/h1-9H,10H2,(H,18,22)(H,20,21). The van der Waals surface area contributed by atoms with Crippen LogP contribution in [0.1, 0.15) is 16.1 Å². The summed E-state index contributed by atoms with van der Waals surface area (Å²) >= 11 is 3.28. The molecule has 0 radical (unpaired) electrons. The van der Waals surface area contributed by atoms with E-state index in [1.54, 1.807) is 42.6 Å². The Labute approximate surface area is 135 Å². The van der Waals surface area contributed by atoms with Crippen LogP contribution in [0.15, 0.2) is 58.2 Å². The predicted molar refractivity (Wildman–Crippen MR) is 86.4 cm³/mol. The Morgan fingerprint density at radius 2 is 1.95 bits per heavy atom. The molecule has 7 heteroatoms. The van der Waals surface area contributed by atoms with Gasteiger partial charge < -0.3 is 5.32 Å². The lowest BCUT2D eigenvalue weighted by molar-refractivity contribution is -0.120.